The number of nitrogens with zero attached hydrogens (tertiary/aromatic N) is 1. The van der Waals surface area contributed by atoms with E-state index >= 15 is 0 Å². The molecule has 0 aliphatic rings. The molecule has 26 heavy (non-hydrogen) atoms. The number of amides is 1. The fourth-order valence-electron chi connectivity index (χ4n) is 2.82. The zero-order valence-corrected chi connectivity index (χ0v) is 14.3. The number of carbonyl (C=O) groups excluding carboxylic acids is 1. The van der Waals surface area contributed by atoms with Gasteiger partial charge in [-0.2, -0.15) is 13.2 Å². The van der Waals surface area contributed by atoms with E-state index in [0.717, 1.165) is 6.07 Å². The molecule has 0 unspecified atom stereocenters. The van der Waals surface area contributed by atoms with Gasteiger partial charge in [0.1, 0.15) is 5.69 Å². The van der Waals surface area contributed by atoms with Crippen LogP contribution in [-0.2, 0) is 19.8 Å². The lowest BCUT2D eigenvalue weighted by Gasteiger charge is -2.13. The summed E-state index contributed by atoms with van der Waals surface area (Å²) < 4.78 is 40.1. The van der Waals surface area contributed by atoms with Crippen molar-refractivity contribution in [2.45, 2.75) is 12.7 Å². The van der Waals surface area contributed by atoms with Crippen LogP contribution in [0.5, 0.6) is 5.88 Å². The highest BCUT2D eigenvalue weighted by Gasteiger charge is 2.33. The maximum absolute atomic E-state index is 12.9. The number of aromatic nitrogens is 1. The Labute approximate surface area is 151 Å². The molecule has 136 valence electrons. The predicted molar refractivity (Wildman–Crippen MR) is 92.2 cm³/mol. The first-order valence-corrected chi connectivity index (χ1v) is 7.98. The van der Waals surface area contributed by atoms with Crippen molar-refractivity contribution in [1.29, 1.82) is 0 Å². The van der Waals surface area contributed by atoms with Crippen LogP contribution in [0.15, 0.2) is 42.5 Å². The van der Waals surface area contributed by atoms with E-state index in [1.54, 1.807) is 24.3 Å². The number of carbonyl (C=O) groups is 1. The van der Waals surface area contributed by atoms with Gasteiger partial charge < -0.3 is 15.0 Å². The van der Waals surface area contributed by atoms with E-state index in [-0.39, 0.29) is 23.7 Å². The van der Waals surface area contributed by atoms with Gasteiger partial charge in [0, 0.05) is 24.4 Å². The first-order valence-electron chi connectivity index (χ1n) is 7.61. The molecule has 3 rings (SSSR count). The second kappa shape index (κ2) is 6.57. The average Bonchev–Trinajstić information content (AvgIpc) is 2.84. The molecule has 2 N–H and O–H groups in total. The Morgan fingerprint density at radius 3 is 2.46 bits per heavy atom. The Morgan fingerprint density at radius 1 is 1.15 bits per heavy atom. The summed E-state index contributed by atoms with van der Waals surface area (Å²) in [4.78, 5) is 12.6. The predicted octanol–water partition coefficient (Wildman–Crippen LogP) is 4.49. The monoisotopic (exact) mass is 382 g/mol. The molecule has 4 nitrogen and oxygen atoms in total. The maximum Gasteiger partial charge on any atom is 0.417 e. The van der Waals surface area contributed by atoms with Crippen LogP contribution in [0.1, 0.15) is 21.6 Å². The number of aromatic hydroxyl groups is 1. The number of hydrogen-bond donors (Lipinski definition) is 2. The minimum absolute atomic E-state index is 0.0668. The number of fused-ring (bicyclic) bond motifs is 1. The van der Waals surface area contributed by atoms with Crippen molar-refractivity contribution in [2.24, 2.45) is 7.05 Å². The lowest BCUT2D eigenvalue weighted by Crippen LogP contribution is -2.25. The van der Waals surface area contributed by atoms with Gasteiger partial charge in [-0.1, -0.05) is 41.9 Å². The number of rotatable bonds is 3. The summed E-state index contributed by atoms with van der Waals surface area (Å²) in [5.74, 6) is -0.597. The second-order valence-electron chi connectivity index (χ2n) is 5.74. The van der Waals surface area contributed by atoms with E-state index in [1.165, 1.54) is 23.7 Å². The fraction of sp³-hybridized carbons (Fsp3) is 0.167. The molecule has 1 heterocycles. The van der Waals surface area contributed by atoms with E-state index in [9.17, 15) is 23.1 Å². The lowest BCUT2D eigenvalue weighted by molar-refractivity contribution is -0.137. The van der Waals surface area contributed by atoms with Gasteiger partial charge >= 0.3 is 6.18 Å². The molecule has 3 aromatic rings. The summed E-state index contributed by atoms with van der Waals surface area (Å²) in [6, 6.07) is 10.3. The van der Waals surface area contributed by atoms with E-state index in [4.69, 9.17) is 11.6 Å². The smallest absolute Gasteiger partial charge is 0.417 e. The van der Waals surface area contributed by atoms with Gasteiger partial charge in [-0.3, -0.25) is 4.79 Å². The van der Waals surface area contributed by atoms with Gasteiger partial charge in [0.15, 0.2) is 5.88 Å². The third-order valence-corrected chi connectivity index (χ3v) is 4.56. The summed E-state index contributed by atoms with van der Waals surface area (Å²) in [7, 11) is 1.53. The highest BCUT2D eigenvalue weighted by Crippen LogP contribution is 2.36. The molecular formula is C18H14ClF3N2O2. The number of nitrogens with one attached hydrogen (secondary N) is 1. The Morgan fingerprint density at radius 2 is 1.81 bits per heavy atom. The van der Waals surface area contributed by atoms with Crippen LogP contribution in [0.3, 0.4) is 0 Å². The van der Waals surface area contributed by atoms with Crippen LogP contribution in [0.25, 0.3) is 10.8 Å². The van der Waals surface area contributed by atoms with E-state index in [1.807, 2.05) is 0 Å². The molecule has 0 fully saturated rings. The van der Waals surface area contributed by atoms with E-state index in [2.05, 4.69) is 5.32 Å². The van der Waals surface area contributed by atoms with E-state index < -0.39 is 22.7 Å². The number of halogens is 4. The van der Waals surface area contributed by atoms with Gasteiger partial charge in [0.05, 0.1) is 10.6 Å². The van der Waals surface area contributed by atoms with Gasteiger partial charge in [0.2, 0.25) is 0 Å². The maximum atomic E-state index is 12.9. The molecule has 0 saturated heterocycles. The molecule has 0 aliphatic carbocycles. The van der Waals surface area contributed by atoms with Crippen molar-refractivity contribution in [3.63, 3.8) is 0 Å². The third-order valence-electron chi connectivity index (χ3n) is 4.11. The topological polar surface area (TPSA) is 54.3 Å². The molecule has 1 amide bonds. The molecule has 1 aromatic heterocycles. The molecule has 0 bridgehead atoms. The quantitative estimate of drug-likeness (QED) is 0.701. The summed E-state index contributed by atoms with van der Waals surface area (Å²) in [5.41, 5.74) is -0.591. The number of alkyl halides is 3. The molecule has 2 aromatic carbocycles. The van der Waals surface area contributed by atoms with Crippen LogP contribution < -0.4 is 5.32 Å². The second-order valence-corrected chi connectivity index (χ2v) is 6.11. The van der Waals surface area contributed by atoms with Crippen LogP contribution in [0, 0.1) is 0 Å². The van der Waals surface area contributed by atoms with Gasteiger partial charge in [-0.15, -0.1) is 0 Å². The number of benzene rings is 2. The average molecular weight is 383 g/mol. The summed E-state index contributed by atoms with van der Waals surface area (Å²) in [5, 5.41) is 13.3. The SMILES string of the molecule is Cn1c(O)c2ccccc2c1C(=O)NCc1cccc(C(F)(F)F)c1Cl. The first-order chi connectivity index (χ1) is 12.2. The van der Waals surface area contributed by atoms with Gasteiger partial charge in [-0.05, 0) is 17.7 Å². The third kappa shape index (κ3) is 3.10. The van der Waals surface area contributed by atoms with Crippen LogP contribution in [0.4, 0.5) is 13.2 Å². The van der Waals surface area contributed by atoms with Crippen molar-refractivity contribution in [3.8, 4) is 5.88 Å². The van der Waals surface area contributed by atoms with Crippen molar-refractivity contribution in [1.82, 2.24) is 9.88 Å². The molecule has 0 saturated carbocycles. The minimum Gasteiger partial charge on any atom is -0.494 e. The Balaban J connectivity index is 1.88. The molecular weight excluding hydrogens is 369 g/mol. The van der Waals surface area contributed by atoms with Crippen molar-refractivity contribution < 1.29 is 23.1 Å². The van der Waals surface area contributed by atoms with Crippen molar-refractivity contribution in [2.75, 3.05) is 0 Å². The fourth-order valence-corrected chi connectivity index (χ4v) is 3.12. The molecule has 8 heteroatoms. The Hall–Kier alpha value is -2.67. The molecule has 0 atom stereocenters. The van der Waals surface area contributed by atoms with Crippen LogP contribution in [0.2, 0.25) is 5.02 Å². The van der Waals surface area contributed by atoms with Crippen molar-refractivity contribution in [3.05, 3.63) is 64.3 Å². The highest BCUT2D eigenvalue weighted by molar-refractivity contribution is 6.32. The minimum atomic E-state index is -4.57. The first kappa shape index (κ1) is 18.1. The molecule has 0 radical (unpaired) electrons. The zero-order chi connectivity index (χ0) is 19.1. The highest BCUT2D eigenvalue weighted by atomic mass is 35.5. The van der Waals surface area contributed by atoms with Crippen LogP contribution in [-0.4, -0.2) is 15.6 Å². The summed E-state index contributed by atoms with van der Waals surface area (Å²) in [6.45, 7) is -0.179. The summed E-state index contributed by atoms with van der Waals surface area (Å²) in [6.07, 6.45) is -4.57. The Bertz CT molecular complexity index is 996. The van der Waals surface area contributed by atoms with Crippen molar-refractivity contribution >= 4 is 28.3 Å². The summed E-state index contributed by atoms with van der Waals surface area (Å²) >= 11 is 5.84. The number of hydrogen-bond acceptors (Lipinski definition) is 2. The van der Waals surface area contributed by atoms with Gasteiger partial charge in [-0.25, -0.2) is 0 Å². The zero-order valence-electron chi connectivity index (χ0n) is 13.6. The normalized spacial score (nSPS) is 11.7. The standard InChI is InChI=1S/C18H14ClF3N2O2/c1-24-15(11-6-2-3-7-12(11)17(24)26)16(25)23-9-10-5-4-8-13(14(10)19)18(20,21)22/h2-8,26H,9H2,1H3,(H,23,25). The molecule has 0 aliphatic heterocycles. The van der Waals surface area contributed by atoms with Gasteiger partial charge in [0.25, 0.3) is 5.91 Å². The lowest BCUT2D eigenvalue weighted by atomic mass is 10.1. The van der Waals surface area contributed by atoms with Crippen LogP contribution >= 0.6 is 11.6 Å². The largest absolute Gasteiger partial charge is 0.494 e. The van der Waals surface area contributed by atoms with E-state index in [0.29, 0.717) is 10.8 Å². The molecule has 0 spiro atoms. The Kier molecular flexibility index (Phi) is 4.58.